The van der Waals surface area contributed by atoms with Gasteiger partial charge in [0.05, 0.1) is 0 Å². The number of amides is 2. The molecule has 2 amide bonds. The van der Waals surface area contributed by atoms with Gasteiger partial charge in [-0.25, -0.2) is 0 Å². The summed E-state index contributed by atoms with van der Waals surface area (Å²) in [6.45, 7) is 0.295. The zero-order chi connectivity index (χ0) is 25.2. The fourth-order valence-electron chi connectivity index (χ4n) is 4.95. The molecule has 1 aliphatic rings. The molecule has 3 aromatic carbocycles. The van der Waals surface area contributed by atoms with Crippen molar-refractivity contribution < 1.29 is 9.59 Å². The van der Waals surface area contributed by atoms with Gasteiger partial charge in [0.25, 0.3) is 0 Å². The van der Waals surface area contributed by atoms with E-state index >= 15 is 0 Å². The van der Waals surface area contributed by atoms with E-state index in [-0.39, 0.29) is 17.9 Å². The van der Waals surface area contributed by atoms with Gasteiger partial charge >= 0.3 is 0 Å². The lowest BCUT2D eigenvalue weighted by Crippen LogP contribution is -2.53. The van der Waals surface area contributed by atoms with Crippen LogP contribution in [-0.4, -0.2) is 28.8 Å². The van der Waals surface area contributed by atoms with Crippen molar-refractivity contribution in [2.75, 3.05) is 0 Å². The van der Waals surface area contributed by atoms with Crippen LogP contribution in [0.1, 0.15) is 55.2 Å². The third-order valence-corrected chi connectivity index (χ3v) is 7.36. The van der Waals surface area contributed by atoms with Gasteiger partial charge in [-0.2, -0.15) is 0 Å². The lowest BCUT2D eigenvalue weighted by atomic mass is 9.94. The van der Waals surface area contributed by atoms with Gasteiger partial charge in [-0.15, -0.1) is 0 Å². The van der Waals surface area contributed by atoms with Crippen LogP contribution < -0.4 is 5.32 Å². The zero-order valence-electron chi connectivity index (χ0n) is 20.7. The molecule has 0 spiro atoms. The second kappa shape index (κ2) is 13.3. The van der Waals surface area contributed by atoms with E-state index in [0.717, 1.165) is 42.4 Å². The molecule has 0 aromatic heterocycles. The SMILES string of the molecule is O=C(NC1CCCCC1)C(Cc1ccccc1)N(Cc1ccccc1Cl)C(=O)CCc1ccccc1. The molecule has 0 aliphatic heterocycles. The number of carbonyl (C=O) groups excluding carboxylic acids is 2. The third kappa shape index (κ3) is 7.44. The number of benzene rings is 3. The number of nitrogens with zero attached hydrogens (tertiary/aromatic N) is 1. The summed E-state index contributed by atoms with van der Waals surface area (Å²) in [4.78, 5) is 29.3. The third-order valence-electron chi connectivity index (χ3n) is 6.99. The second-order valence-electron chi connectivity index (χ2n) is 9.65. The van der Waals surface area contributed by atoms with Gasteiger partial charge in [0.1, 0.15) is 6.04 Å². The Morgan fingerprint density at radius 3 is 2.11 bits per heavy atom. The number of carbonyl (C=O) groups is 2. The van der Waals surface area contributed by atoms with Crippen molar-refractivity contribution in [3.8, 4) is 0 Å². The van der Waals surface area contributed by atoms with E-state index in [0.29, 0.717) is 30.8 Å². The van der Waals surface area contributed by atoms with Crippen LogP contribution in [0, 0.1) is 0 Å². The van der Waals surface area contributed by atoms with Crippen molar-refractivity contribution in [1.29, 1.82) is 0 Å². The Labute approximate surface area is 219 Å². The molecule has 3 aromatic rings. The molecule has 1 atom stereocenters. The number of halogens is 1. The van der Waals surface area contributed by atoms with Crippen LogP contribution in [0.3, 0.4) is 0 Å². The lowest BCUT2D eigenvalue weighted by Gasteiger charge is -2.33. The standard InChI is InChI=1S/C31H35ClN2O2/c32-28-19-11-10-16-26(28)23-34(30(35)21-20-24-12-4-1-5-13-24)29(22-25-14-6-2-7-15-25)31(36)33-27-17-8-3-9-18-27/h1-2,4-7,10-16,19,27,29H,3,8-9,17-18,20-23H2,(H,33,36). The number of aryl methyl sites for hydroxylation is 1. The Morgan fingerprint density at radius 2 is 1.44 bits per heavy atom. The summed E-state index contributed by atoms with van der Waals surface area (Å²) in [6.07, 6.45) is 6.89. The monoisotopic (exact) mass is 502 g/mol. The van der Waals surface area contributed by atoms with Crippen molar-refractivity contribution in [2.45, 2.75) is 70.0 Å². The number of hydrogen-bond acceptors (Lipinski definition) is 2. The van der Waals surface area contributed by atoms with E-state index in [2.05, 4.69) is 5.32 Å². The molecule has 1 unspecified atom stereocenters. The molecular weight excluding hydrogens is 468 g/mol. The molecule has 1 aliphatic carbocycles. The average molecular weight is 503 g/mol. The molecular formula is C31H35ClN2O2. The smallest absolute Gasteiger partial charge is 0.243 e. The predicted octanol–water partition coefficient (Wildman–Crippen LogP) is 6.36. The van der Waals surface area contributed by atoms with E-state index in [1.807, 2.05) is 84.9 Å². The average Bonchev–Trinajstić information content (AvgIpc) is 2.92. The van der Waals surface area contributed by atoms with Gasteiger partial charge in [0.15, 0.2) is 0 Å². The quantitative estimate of drug-likeness (QED) is 0.350. The molecule has 188 valence electrons. The van der Waals surface area contributed by atoms with Gasteiger partial charge in [0, 0.05) is 30.5 Å². The minimum Gasteiger partial charge on any atom is -0.352 e. The van der Waals surface area contributed by atoms with Gasteiger partial charge in [-0.05, 0) is 42.0 Å². The largest absolute Gasteiger partial charge is 0.352 e. The summed E-state index contributed by atoms with van der Waals surface area (Å²) in [6, 6.07) is 27.1. The van der Waals surface area contributed by atoms with E-state index in [1.165, 1.54) is 6.42 Å². The van der Waals surface area contributed by atoms with E-state index < -0.39 is 6.04 Å². The summed E-state index contributed by atoms with van der Waals surface area (Å²) in [5, 5.41) is 3.88. The zero-order valence-corrected chi connectivity index (χ0v) is 21.5. The second-order valence-corrected chi connectivity index (χ2v) is 10.1. The van der Waals surface area contributed by atoms with E-state index in [9.17, 15) is 9.59 Å². The molecule has 1 saturated carbocycles. The van der Waals surface area contributed by atoms with E-state index in [4.69, 9.17) is 11.6 Å². The maximum atomic E-state index is 13.8. The molecule has 4 nitrogen and oxygen atoms in total. The van der Waals surface area contributed by atoms with Crippen LogP contribution in [-0.2, 0) is 29.0 Å². The van der Waals surface area contributed by atoms with Crippen molar-refractivity contribution in [1.82, 2.24) is 10.2 Å². The van der Waals surface area contributed by atoms with Crippen LogP contribution in [0.4, 0.5) is 0 Å². The summed E-state index contributed by atoms with van der Waals surface area (Å²) >= 11 is 6.51. The van der Waals surface area contributed by atoms with Gasteiger partial charge < -0.3 is 10.2 Å². The minimum atomic E-state index is -0.617. The molecule has 0 radical (unpaired) electrons. The summed E-state index contributed by atoms with van der Waals surface area (Å²) < 4.78 is 0. The Morgan fingerprint density at radius 1 is 0.833 bits per heavy atom. The fourth-order valence-corrected chi connectivity index (χ4v) is 5.14. The molecule has 4 rings (SSSR count). The highest BCUT2D eigenvalue weighted by atomic mass is 35.5. The number of rotatable bonds is 10. The first-order chi connectivity index (χ1) is 17.6. The first kappa shape index (κ1) is 26.0. The predicted molar refractivity (Wildman–Crippen MR) is 146 cm³/mol. The molecule has 0 saturated heterocycles. The molecule has 1 fully saturated rings. The topological polar surface area (TPSA) is 49.4 Å². The van der Waals surface area contributed by atoms with Crippen LogP contribution in [0.25, 0.3) is 0 Å². The van der Waals surface area contributed by atoms with Crippen molar-refractivity contribution in [2.24, 2.45) is 0 Å². The van der Waals surface area contributed by atoms with Gasteiger partial charge in [-0.1, -0.05) is 110 Å². The number of nitrogens with one attached hydrogen (secondary N) is 1. The minimum absolute atomic E-state index is 0.0431. The highest BCUT2D eigenvalue weighted by molar-refractivity contribution is 6.31. The first-order valence-corrected chi connectivity index (χ1v) is 13.4. The Bertz CT molecular complexity index is 1110. The molecule has 0 bridgehead atoms. The summed E-state index contributed by atoms with van der Waals surface area (Å²) in [5.41, 5.74) is 2.98. The maximum absolute atomic E-state index is 13.8. The normalized spacial score (nSPS) is 14.7. The maximum Gasteiger partial charge on any atom is 0.243 e. The lowest BCUT2D eigenvalue weighted by molar-refractivity contribution is -0.141. The van der Waals surface area contributed by atoms with Crippen molar-refractivity contribution in [3.05, 3.63) is 107 Å². The van der Waals surface area contributed by atoms with Crippen molar-refractivity contribution >= 4 is 23.4 Å². The molecule has 5 heteroatoms. The van der Waals surface area contributed by atoms with Gasteiger partial charge in [-0.3, -0.25) is 9.59 Å². The van der Waals surface area contributed by atoms with Crippen LogP contribution >= 0.6 is 11.6 Å². The fraction of sp³-hybridized carbons (Fsp3) is 0.355. The summed E-state index contributed by atoms with van der Waals surface area (Å²) in [5.74, 6) is -0.121. The van der Waals surface area contributed by atoms with Crippen molar-refractivity contribution in [3.63, 3.8) is 0 Å². The molecule has 36 heavy (non-hydrogen) atoms. The molecule has 1 N–H and O–H groups in total. The Balaban J connectivity index is 1.61. The summed E-state index contributed by atoms with van der Waals surface area (Å²) in [7, 11) is 0. The number of hydrogen-bond donors (Lipinski definition) is 1. The first-order valence-electron chi connectivity index (χ1n) is 13.0. The van der Waals surface area contributed by atoms with Crippen LogP contribution in [0.15, 0.2) is 84.9 Å². The van der Waals surface area contributed by atoms with E-state index in [1.54, 1.807) is 4.90 Å². The Hall–Kier alpha value is -3.11. The Kier molecular flexibility index (Phi) is 9.57. The highest BCUT2D eigenvalue weighted by Gasteiger charge is 2.32. The highest BCUT2D eigenvalue weighted by Crippen LogP contribution is 2.23. The van der Waals surface area contributed by atoms with Crippen LogP contribution in [0.5, 0.6) is 0 Å². The van der Waals surface area contributed by atoms with Gasteiger partial charge in [0.2, 0.25) is 11.8 Å². The van der Waals surface area contributed by atoms with Crippen LogP contribution in [0.2, 0.25) is 5.02 Å². The molecule has 0 heterocycles.